The molecule has 1 N–H and O–H groups in total. The van der Waals surface area contributed by atoms with Gasteiger partial charge in [0.05, 0.1) is 17.1 Å². The third kappa shape index (κ3) is 4.43. The average molecular weight is 409 g/mol. The minimum Gasteiger partial charge on any atom is -0.444 e. The molecule has 3 rings (SSSR count). The molecule has 0 unspecified atom stereocenters. The van der Waals surface area contributed by atoms with Crippen molar-refractivity contribution < 1.29 is 18.3 Å². The maximum absolute atomic E-state index is 14.6. The van der Waals surface area contributed by atoms with E-state index in [1.54, 1.807) is 39.1 Å². The summed E-state index contributed by atoms with van der Waals surface area (Å²) in [4.78, 5) is 16.9. The van der Waals surface area contributed by atoms with Crippen molar-refractivity contribution in [1.82, 2.24) is 10.3 Å². The van der Waals surface area contributed by atoms with E-state index in [9.17, 15) is 13.6 Å². The standard InChI is InChI=1S/C21H23ClF2N2O2/c1-21(2,3)28-20(27)26-18-13(12-6-4-8-16(23)17(12)24)9-10-15(22)19-14(18)7-5-11-25-19/h4-8,11,13,15,18H,9-10H2,1-3H3,(H,26,27)/t13-,15+,18-/m0/s1. The van der Waals surface area contributed by atoms with Crippen molar-refractivity contribution in [2.75, 3.05) is 0 Å². The first-order valence-electron chi connectivity index (χ1n) is 9.19. The van der Waals surface area contributed by atoms with E-state index in [2.05, 4.69) is 10.3 Å². The highest BCUT2D eigenvalue weighted by molar-refractivity contribution is 6.20. The fraction of sp³-hybridized carbons (Fsp3) is 0.429. The molecular formula is C21H23ClF2N2O2. The molecule has 1 aromatic heterocycles. The molecule has 150 valence electrons. The topological polar surface area (TPSA) is 51.2 Å². The smallest absolute Gasteiger partial charge is 0.408 e. The molecule has 1 aliphatic rings. The first-order chi connectivity index (χ1) is 13.2. The minimum atomic E-state index is -0.924. The molecular weight excluding hydrogens is 386 g/mol. The second-order valence-corrected chi connectivity index (χ2v) is 8.42. The number of amides is 1. The number of aromatic nitrogens is 1. The molecule has 4 nitrogen and oxygen atoms in total. The van der Waals surface area contributed by atoms with Gasteiger partial charge in [-0.25, -0.2) is 13.6 Å². The molecule has 1 aromatic carbocycles. The molecule has 0 bridgehead atoms. The highest BCUT2D eigenvalue weighted by atomic mass is 35.5. The second-order valence-electron chi connectivity index (χ2n) is 7.90. The summed E-state index contributed by atoms with van der Waals surface area (Å²) in [5.74, 6) is -2.36. The number of alkyl halides is 1. The van der Waals surface area contributed by atoms with Gasteiger partial charge >= 0.3 is 6.09 Å². The van der Waals surface area contributed by atoms with Gasteiger partial charge < -0.3 is 10.1 Å². The normalized spacial score (nSPS) is 22.1. The van der Waals surface area contributed by atoms with Gasteiger partial charge in [0.2, 0.25) is 0 Å². The van der Waals surface area contributed by atoms with Gasteiger partial charge in [-0.3, -0.25) is 4.98 Å². The zero-order chi connectivity index (χ0) is 20.5. The van der Waals surface area contributed by atoms with Crippen LogP contribution in [0.4, 0.5) is 13.6 Å². The predicted molar refractivity (Wildman–Crippen MR) is 103 cm³/mol. The largest absolute Gasteiger partial charge is 0.444 e. The number of hydrogen-bond donors (Lipinski definition) is 1. The number of rotatable bonds is 2. The van der Waals surface area contributed by atoms with Crippen LogP contribution in [0.5, 0.6) is 0 Å². The van der Waals surface area contributed by atoms with Crippen molar-refractivity contribution in [1.29, 1.82) is 0 Å². The number of benzene rings is 1. The van der Waals surface area contributed by atoms with Crippen LogP contribution in [-0.4, -0.2) is 16.7 Å². The van der Waals surface area contributed by atoms with Crippen LogP contribution in [0.15, 0.2) is 36.5 Å². The van der Waals surface area contributed by atoms with Crippen molar-refractivity contribution in [3.63, 3.8) is 0 Å². The number of halogens is 3. The van der Waals surface area contributed by atoms with E-state index in [-0.39, 0.29) is 10.9 Å². The Hall–Kier alpha value is -2.21. The summed E-state index contributed by atoms with van der Waals surface area (Å²) >= 11 is 6.51. The Labute approximate surface area is 168 Å². The van der Waals surface area contributed by atoms with Gasteiger partial charge in [-0.2, -0.15) is 0 Å². The lowest BCUT2D eigenvalue weighted by Crippen LogP contribution is -2.37. The number of alkyl carbamates (subject to hydrolysis) is 1. The van der Waals surface area contributed by atoms with Gasteiger partial charge in [-0.15, -0.1) is 11.6 Å². The Balaban J connectivity index is 2.06. The molecule has 0 saturated carbocycles. The second kappa shape index (κ2) is 8.03. The molecule has 0 radical (unpaired) electrons. The molecule has 1 heterocycles. The van der Waals surface area contributed by atoms with Crippen molar-refractivity contribution >= 4 is 17.7 Å². The Morgan fingerprint density at radius 1 is 1.18 bits per heavy atom. The Kier molecular flexibility index (Phi) is 5.89. The monoisotopic (exact) mass is 408 g/mol. The summed E-state index contributed by atoms with van der Waals surface area (Å²) in [7, 11) is 0. The van der Waals surface area contributed by atoms with Crippen LogP contribution in [0.2, 0.25) is 0 Å². The Bertz CT molecular complexity index is 870. The quantitative estimate of drug-likeness (QED) is 0.506. The number of nitrogens with zero attached hydrogens (tertiary/aromatic N) is 1. The highest BCUT2D eigenvalue weighted by Crippen LogP contribution is 2.45. The number of hydrogen-bond acceptors (Lipinski definition) is 3. The van der Waals surface area contributed by atoms with E-state index in [0.29, 0.717) is 24.1 Å². The third-order valence-corrected chi connectivity index (χ3v) is 5.11. The molecule has 1 aliphatic carbocycles. The van der Waals surface area contributed by atoms with E-state index >= 15 is 0 Å². The van der Waals surface area contributed by atoms with Crippen LogP contribution < -0.4 is 5.32 Å². The van der Waals surface area contributed by atoms with Gasteiger partial charge in [0, 0.05) is 12.1 Å². The Morgan fingerprint density at radius 3 is 2.61 bits per heavy atom. The van der Waals surface area contributed by atoms with Crippen LogP contribution in [0.1, 0.15) is 67.8 Å². The minimum absolute atomic E-state index is 0.196. The number of ether oxygens (including phenoxy) is 1. The maximum Gasteiger partial charge on any atom is 0.408 e. The fourth-order valence-corrected chi connectivity index (χ4v) is 3.86. The van der Waals surface area contributed by atoms with E-state index in [0.717, 1.165) is 6.07 Å². The van der Waals surface area contributed by atoms with Gasteiger partial charge in [0.25, 0.3) is 0 Å². The first-order valence-corrected chi connectivity index (χ1v) is 9.63. The predicted octanol–water partition coefficient (Wildman–Crippen LogP) is 5.78. The van der Waals surface area contributed by atoms with Crippen molar-refractivity contribution in [3.8, 4) is 0 Å². The summed E-state index contributed by atoms with van der Waals surface area (Å²) in [6.07, 6.45) is 1.95. The summed E-state index contributed by atoms with van der Waals surface area (Å²) < 4.78 is 33.9. The first kappa shape index (κ1) is 20.5. The van der Waals surface area contributed by atoms with Crippen molar-refractivity contribution in [2.45, 2.75) is 56.6 Å². The maximum atomic E-state index is 14.6. The molecule has 0 saturated heterocycles. The zero-order valence-corrected chi connectivity index (χ0v) is 16.8. The van der Waals surface area contributed by atoms with Gasteiger partial charge in [-0.1, -0.05) is 18.2 Å². The third-order valence-electron chi connectivity index (χ3n) is 4.69. The Morgan fingerprint density at radius 2 is 1.89 bits per heavy atom. The summed E-state index contributed by atoms with van der Waals surface area (Å²) in [5, 5.41) is 2.45. The lowest BCUT2D eigenvalue weighted by Gasteiger charge is -2.29. The molecule has 1 amide bonds. The number of pyridine rings is 1. The van der Waals surface area contributed by atoms with Crippen LogP contribution in [0, 0.1) is 11.6 Å². The lowest BCUT2D eigenvalue weighted by molar-refractivity contribution is 0.0494. The van der Waals surface area contributed by atoms with Crippen molar-refractivity contribution in [3.05, 3.63) is 65.0 Å². The number of nitrogens with one attached hydrogen (secondary N) is 1. The average Bonchev–Trinajstić information content (AvgIpc) is 2.74. The molecule has 0 spiro atoms. The molecule has 28 heavy (non-hydrogen) atoms. The summed E-state index contributed by atoms with van der Waals surface area (Å²) in [6.45, 7) is 5.27. The molecule has 0 fully saturated rings. The molecule has 2 aromatic rings. The van der Waals surface area contributed by atoms with Crippen LogP contribution in [-0.2, 0) is 4.74 Å². The summed E-state index contributed by atoms with van der Waals surface area (Å²) in [5.41, 5.74) is 0.812. The van der Waals surface area contributed by atoms with E-state index in [1.165, 1.54) is 12.1 Å². The van der Waals surface area contributed by atoms with Gasteiger partial charge in [0.15, 0.2) is 11.6 Å². The fourth-order valence-electron chi connectivity index (χ4n) is 3.56. The van der Waals surface area contributed by atoms with Crippen LogP contribution in [0.3, 0.4) is 0 Å². The number of carbonyl (C=O) groups is 1. The molecule has 3 atom stereocenters. The molecule has 0 aliphatic heterocycles. The SMILES string of the molecule is CC(C)(C)OC(=O)N[C@@H]1c2cccnc2[C@H](Cl)CC[C@H]1c1cccc(F)c1F. The van der Waals surface area contributed by atoms with Gasteiger partial charge in [-0.05, 0) is 56.9 Å². The van der Waals surface area contributed by atoms with E-state index in [1.807, 2.05) is 0 Å². The number of fused-ring (bicyclic) bond motifs is 1. The highest BCUT2D eigenvalue weighted by Gasteiger charge is 2.36. The molecule has 7 heteroatoms. The lowest BCUT2D eigenvalue weighted by atomic mass is 9.85. The summed E-state index contributed by atoms with van der Waals surface area (Å²) in [6, 6.07) is 6.96. The van der Waals surface area contributed by atoms with Gasteiger partial charge in [0.1, 0.15) is 5.60 Å². The van der Waals surface area contributed by atoms with Crippen LogP contribution in [0.25, 0.3) is 0 Å². The van der Waals surface area contributed by atoms with Crippen LogP contribution >= 0.6 is 11.6 Å². The van der Waals surface area contributed by atoms with E-state index in [4.69, 9.17) is 16.3 Å². The van der Waals surface area contributed by atoms with E-state index < -0.39 is 35.3 Å². The zero-order valence-electron chi connectivity index (χ0n) is 16.0. The van der Waals surface area contributed by atoms with Crippen molar-refractivity contribution in [2.24, 2.45) is 0 Å². The number of carbonyl (C=O) groups excluding carboxylic acids is 1.